The molecule has 8 aliphatic rings. The average molecular weight is 503 g/mol. The van der Waals surface area contributed by atoms with Crippen molar-refractivity contribution in [3.05, 3.63) is 24.3 Å². The minimum absolute atomic E-state index is 0.0734. The molecule has 6 nitrogen and oxygen atoms in total. The van der Waals surface area contributed by atoms with Gasteiger partial charge in [0.25, 0.3) is 0 Å². The Labute approximate surface area is 218 Å². The summed E-state index contributed by atoms with van der Waals surface area (Å²) in [7, 11) is 0. The molecule has 0 radical (unpaired) electrons. The molecule has 2 heterocycles. The highest BCUT2D eigenvalue weighted by Crippen LogP contribution is 2.55. The number of rotatable bonds is 4. The number of nitrogens with zero attached hydrogens (tertiary/aromatic N) is 2. The van der Waals surface area contributed by atoms with Crippen LogP contribution >= 0.6 is 0 Å². The summed E-state index contributed by atoms with van der Waals surface area (Å²) in [6, 6.07) is 0.210. The maximum Gasteiger partial charge on any atom is 0.233 e. The number of likely N-dealkylation sites (tertiary alicyclic amines) is 2. The second-order valence-corrected chi connectivity index (χ2v) is 13.7. The minimum atomic E-state index is -0.0734. The molecule has 8 atom stereocenters. The summed E-state index contributed by atoms with van der Waals surface area (Å²) in [4.78, 5) is 56.2. The van der Waals surface area contributed by atoms with Gasteiger partial charge in [0.2, 0.25) is 23.6 Å². The second kappa shape index (κ2) is 8.13. The molecule has 4 amide bonds. The number of carbonyl (C=O) groups is 4. The maximum absolute atomic E-state index is 13.2. The van der Waals surface area contributed by atoms with Gasteiger partial charge >= 0.3 is 0 Å². The number of amides is 4. The van der Waals surface area contributed by atoms with E-state index in [2.05, 4.69) is 24.3 Å². The van der Waals surface area contributed by atoms with Gasteiger partial charge in [-0.05, 0) is 106 Å². The molecule has 37 heavy (non-hydrogen) atoms. The van der Waals surface area contributed by atoms with Crippen molar-refractivity contribution < 1.29 is 19.2 Å². The summed E-state index contributed by atoms with van der Waals surface area (Å²) >= 11 is 0. The molecule has 0 N–H and O–H groups in total. The van der Waals surface area contributed by atoms with Crippen LogP contribution in [0.25, 0.3) is 0 Å². The lowest BCUT2D eigenvalue weighted by Crippen LogP contribution is -2.44. The van der Waals surface area contributed by atoms with Crippen LogP contribution in [0.4, 0.5) is 0 Å². The van der Waals surface area contributed by atoms with E-state index in [9.17, 15) is 19.2 Å². The number of allylic oxidation sites excluding steroid dienone is 4. The van der Waals surface area contributed by atoms with E-state index in [1.165, 1.54) is 6.42 Å². The van der Waals surface area contributed by atoms with Gasteiger partial charge in [-0.25, -0.2) is 0 Å². The molecule has 196 valence electrons. The first kappa shape index (κ1) is 22.7. The quantitative estimate of drug-likeness (QED) is 0.428. The largest absolute Gasteiger partial charge is 0.279 e. The maximum atomic E-state index is 13.2. The van der Waals surface area contributed by atoms with Crippen molar-refractivity contribution in [1.29, 1.82) is 0 Å². The van der Waals surface area contributed by atoms with Crippen molar-refractivity contribution in [2.24, 2.45) is 59.2 Å². The first-order chi connectivity index (χ1) is 18.0. The summed E-state index contributed by atoms with van der Waals surface area (Å²) in [5.74, 6) is 2.68. The lowest BCUT2D eigenvalue weighted by Gasteiger charge is -2.38. The topological polar surface area (TPSA) is 74.8 Å². The van der Waals surface area contributed by atoms with Crippen molar-refractivity contribution in [3.8, 4) is 0 Å². The molecular formula is C31H38N2O4. The van der Waals surface area contributed by atoms with Crippen molar-refractivity contribution in [3.63, 3.8) is 0 Å². The predicted octanol–water partition coefficient (Wildman–Crippen LogP) is 4.11. The van der Waals surface area contributed by atoms with Crippen LogP contribution < -0.4 is 0 Å². The van der Waals surface area contributed by atoms with Crippen LogP contribution in [0.3, 0.4) is 0 Å². The molecule has 2 saturated heterocycles. The SMILES string of the molecule is O=C1[C@@H]2[C@H](C(=O)N1C1CCC(CC3CCC(N4C(=O)[C@@H]5[C@H](C4=O)[C@H]4C=C[C@H]5C4)CC3)CC1)[C@@H]1C=C[C@H]2C1. The summed E-state index contributed by atoms with van der Waals surface area (Å²) in [6.45, 7) is 0. The zero-order chi connectivity index (χ0) is 25.0. The zero-order valence-corrected chi connectivity index (χ0v) is 21.5. The number of imide groups is 2. The standard InChI is InChI=1S/C31H38N2O4/c34-28-24-18-5-6-19(14-18)25(24)29(35)32(28)22-9-1-16(2-10-22)13-17-3-11-23(12-4-17)33-30(36)26-20-7-8-21(15-20)27(26)31(33)37/h5-8,16-27H,1-4,9-15H2/t16?,17?,18-,19-,20-,21+,22?,23?,24-,25+,26-,27+/m0/s1. The minimum Gasteiger partial charge on any atom is -0.279 e. The lowest BCUT2D eigenvalue weighted by atomic mass is 9.75. The van der Waals surface area contributed by atoms with Gasteiger partial charge in [-0.15, -0.1) is 0 Å². The van der Waals surface area contributed by atoms with E-state index in [1.807, 2.05) is 0 Å². The summed E-state index contributed by atoms with van der Waals surface area (Å²) in [5, 5.41) is 0. The van der Waals surface area contributed by atoms with Crippen molar-refractivity contribution in [2.45, 2.75) is 82.7 Å². The van der Waals surface area contributed by atoms with Crippen molar-refractivity contribution >= 4 is 23.6 Å². The van der Waals surface area contributed by atoms with Gasteiger partial charge in [-0.3, -0.25) is 29.0 Å². The molecule has 6 aliphatic carbocycles. The van der Waals surface area contributed by atoms with Gasteiger partial charge < -0.3 is 0 Å². The van der Waals surface area contributed by atoms with E-state index < -0.39 is 0 Å². The molecule has 6 heteroatoms. The zero-order valence-electron chi connectivity index (χ0n) is 21.5. The van der Waals surface area contributed by atoms with Crippen LogP contribution in [0.2, 0.25) is 0 Å². The van der Waals surface area contributed by atoms with Gasteiger partial charge in [-0.1, -0.05) is 24.3 Å². The third kappa shape index (κ3) is 3.16. The van der Waals surface area contributed by atoms with Crippen molar-refractivity contribution in [1.82, 2.24) is 9.80 Å². The average Bonchev–Trinajstić information content (AvgIpc) is 3.74. The summed E-state index contributed by atoms with van der Waals surface area (Å²) in [6.07, 6.45) is 20.1. The van der Waals surface area contributed by atoms with Crippen LogP contribution in [-0.2, 0) is 19.2 Å². The van der Waals surface area contributed by atoms with Gasteiger partial charge in [0.05, 0.1) is 23.7 Å². The van der Waals surface area contributed by atoms with Gasteiger partial charge in [0, 0.05) is 12.1 Å². The fourth-order valence-electron chi connectivity index (χ4n) is 10.3. The number of fused-ring (bicyclic) bond motifs is 10. The fraction of sp³-hybridized carbons (Fsp3) is 0.742. The van der Waals surface area contributed by atoms with E-state index >= 15 is 0 Å². The number of hydrogen-bond donors (Lipinski definition) is 0. The lowest BCUT2D eigenvalue weighted by molar-refractivity contribution is -0.145. The fourth-order valence-corrected chi connectivity index (χ4v) is 10.3. The highest BCUT2D eigenvalue weighted by atomic mass is 16.2. The molecule has 2 aliphatic heterocycles. The Kier molecular flexibility index (Phi) is 4.99. The normalized spacial score (nSPS) is 49.6. The van der Waals surface area contributed by atoms with Gasteiger partial charge in [0.1, 0.15) is 0 Å². The van der Waals surface area contributed by atoms with Crippen LogP contribution in [0, 0.1) is 59.2 Å². The van der Waals surface area contributed by atoms with Crippen LogP contribution in [0.15, 0.2) is 24.3 Å². The highest BCUT2D eigenvalue weighted by molar-refractivity contribution is 6.07. The summed E-state index contributed by atoms with van der Waals surface area (Å²) in [5.41, 5.74) is 0. The van der Waals surface area contributed by atoms with Gasteiger partial charge in [0.15, 0.2) is 0 Å². The first-order valence-electron chi connectivity index (χ1n) is 15.1. The van der Waals surface area contributed by atoms with Crippen LogP contribution in [0.1, 0.15) is 70.6 Å². The molecule has 4 bridgehead atoms. The van der Waals surface area contributed by atoms with Crippen LogP contribution in [-0.4, -0.2) is 45.5 Å². The van der Waals surface area contributed by atoms with E-state index in [4.69, 9.17) is 0 Å². The molecule has 4 saturated carbocycles. The Hall–Kier alpha value is -2.24. The molecule has 8 rings (SSSR count). The third-order valence-corrected chi connectivity index (χ3v) is 12.0. The molecular weight excluding hydrogens is 464 g/mol. The monoisotopic (exact) mass is 502 g/mol. The number of carbonyl (C=O) groups excluding carboxylic acids is 4. The first-order valence-corrected chi connectivity index (χ1v) is 15.1. The Balaban J connectivity index is 0.836. The molecule has 0 aromatic heterocycles. The summed E-state index contributed by atoms with van der Waals surface area (Å²) < 4.78 is 0. The second-order valence-electron chi connectivity index (χ2n) is 13.7. The smallest absolute Gasteiger partial charge is 0.233 e. The Morgan fingerprint density at radius 2 is 0.784 bits per heavy atom. The van der Waals surface area contributed by atoms with E-state index in [0.29, 0.717) is 35.5 Å². The third-order valence-electron chi connectivity index (χ3n) is 12.0. The molecule has 0 aromatic carbocycles. The van der Waals surface area contributed by atoms with E-state index in [1.54, 1.807) is 9.80 Å². The number of hydrogen-bond acceptors (Lipinski definition) is 4. The molecule has 0 unspecified atom stereocenters. The Morgan fingerprint density at radius 3 is 1.08 bits per heavy atom. The van der Waals surface area contributed by atoms with E-state index in [-0.39, 0.29) is 59.4 Å². The molecule has 0 spiro atoms. The molecule has 0 aromatic rings. The van der Waals surface area contributed by atoms with Crippen LogP contribution in [0.5, 0.6) is 0 Å². The Bertz CT molecular complexity index is 964. The Morgan fingerprint density at radius 1 is 0.486 bits per heavy atom. The predicted molar refractivity (Wildman–Crippen MR) is 135 cm³/mol. The highest BCUT2D eigenvalue weighted by Gasteiger charge is 2.61. The van der Waals surface area contributed by atoms with Crippen molar-refractivity contribution in [2.75, 3.05) is 0 Å². The van der Waals surface area contributed by atoms with E-state index in [0.717, 1.165) is 64.2 Å². The van der Waals surface area contributed by atoms with Gasteiger partial charge in [-0.2, -0.15) is 0 Å². The molecule has 6 fully saturated rings.